The second kappa shape index (κ2) is 6.88. The van der Waals surface area contributed by atoms with Gasteiger partial charge in [0.2, 0.25) is 5.91 Å². The summed E-state index contributed by atoms with van der Waals surface area (Å²) in [6, 6.07) is 0. The molecule has 0 atom stereocenters. The maximum absolute atomic E-state index is 13.4. The first-order valence-electron chi connectivity index (χ1n) is 10.6. The molecule has 5 fully saturated rings. The third kappa shape index (κ3) is 3.21. The fourth-order valence-corrected chi connectivity index (χ4v) is 7.72. The number of rotatable bonds is 5. The number of aromatic nitrogens is 2. The summed E-state index contributed by atoms with van der Waals surface area (Å²) < 4.78 is 0. The van der Waals surface area contributed by atoms with Crippen LogP contribution in [0.25, 0.3) is 0 Å². The van der Waals surface area contributed by atoms with E-state index >= 15 is 0 Å². The van der Waals surface area contributed by atoms with Crippen molar-refractivity contribution in [1.29, 1.82) is 0 Å². The van der Waals surface area contributed by atoms with Crippen molar-refractivity contribution in [3.05, 3.63) is 12.4 Å². The molecule has 1 aliphatic heterocycles. The molecule has 6 rings (SSSR count). The Kier molecular flexibility index (Phi) is 4.54. The van der Waals surface area contributed by atoms with Crippen LogP contribution in [0.1, 0.15) is 57.8 Å². The zero-order valence-electron chi connectivity index (χ0n) is 15.7. The zero-order chi connectivity index (χ0) is 17.6. The number of thioether (sulfide) groups is 1. The highest BCUT2D eigenvalue weighted by Crippen LogP contribution is 2.60. The van der Waals surface area contributed by atoms with Crippen molar-refractivity contribution in [2.75, 3.05) is 18.8 Å². The lowest BCUT2D eigenvalue weighted by Crippen LogP contribution is -2.55. The fraction of sp³-hybridized carbons (Fsp3) is 0.810. The number of aromatic amines is 1. The summed E-state index contributed by atoms with van der Waals surface area (Å²) in [5.74, 6) is 5.03. The lowest BCUT2D eigenvalue weighted by atomic mass is 9.49. The first-order valence-corrected chi connectivity index (χ1v) is 11.6. The van der Waals surface area contributed by atoms with Crippen LogP contribution < -0.4 is 0 Å². The molecule has 0 spiro atoms. The van der Waals surface area contributed by atoms with Gasteiger partial charge in [-0.3, -0.25) is 4.79 Å². The number of nitrogens with one attached hydrogen (secondary N) is 1. The van der Waals surface area contributed by atoms with Crippen molar-refractivity contribution in [1.82, 2.24) is 14.9 Å². The van der Waals surface area contributed by atoms with Crippen LogP contribution >= 0.6 is 11.8 Å². The smallest absolute Gasteiger partial charge is 0.228 e. The van der Waals surface area contributed by atoms with E-state index in [2.05, 4.69) is 14.9 Å². The second-order valence-corrected chi connectivity index (χ2v) is 10.5. The molecule has 0 aromatic carbocycles. The van der Waals surface area contributed by atoms with E-state index in [0.29, 0.717) is 5.91 Å². The third-order valence-electron chi connectivity index (χ3n) is 7.63. The molecule has 5 aliphatic rings. The van der Waals surface area contributed by atoms with Gasteiger partial charge in [0.15, 0.2) is 5.16 Å². The molecule has 1 aromatic rings. The number of likely N-dealkylation sites (tertiary alicyclic amines) is 1. The van der Waals surface area contributed by atoms with Crippen LogP contribution in [0.15, 0.2) is 17.6 Å². The summed E-state index contributed by atoms with van der Waals surface area (Å²) in [5, 5.41) is 1.03. The first-order chi connectivity index (χ1) is 12.7. The van der Waals surface area contributed by atoms with Crippen molar-refractivity contribution in [3.8, 4) is 0 Å². The number of nitrogens with zero attached hydrogens (tertiary/aromatic N) is 2. The molecule has 1 aromatic heterocycles. The number of carbonyl (C=O) groups excluding carboxylic acids is 1. The maximum atomic E-state index is 13.4. The normalized spacial score (nSPS) is 36.6. The van der Waals surface area contributed by atoms with Crippen molar-refractivity contribution in [2.45, 2.75) is 62.9 Å². The van der Waals surface area contributed by atoms with E-state index in [9.17, 15) is 4.79 Å². The van der Waals surface area contributed by atoms with Crippen LogP contribution in [0.2, 0.25) is 0 Å². The summed E-state index contributed by atoms with van der Waals surface area (Å²) in [7, 11) is 0. The van der Waals surface area contributed by atoms with E-state index in [1.807, 2.05) is 24.2 Å². The largest absolute Gasteiger partial charge is 0.342 e. The van der Waals surface area contributed by atoms with Gasteiger partial charge < -0.3 is 9.88 Å². The minimum atomic E-state index is 0.0523. The molecule has 4 bridgehead atoms. The van der Waals surface area contributed by atoms with Crippen LogP contribution in [-0.4, -0.2) is 39.6 Å². The van der Waals surface area contributed by atoms with Gasteiger partial charge in [-0.1, -0.05) is 11.8 Å². The summed E-state index contributed by atoms with van der Waals surface area (Å²) >= 11 is 1.82. The topological polar surface area (TPSA) is 49.0 Å². The molecule has 4 saturated carbocycles. The van der Waals surface area contributed by atoms with Crippen LogP contribution in [0, 0.1) is 29.1 Å². The van der Waals surface area contributed by atoms with Gasteiger partial charge in [-0.2, -0.15) is 0 Å². The molecule has 26 heavy (non-hydrogen) atoms. The average molecular weight is 374 g/mol. The minimum Gasteiger partial charge on any atom is -0.342 e. The molecule has 0 unspecified atom stereocenters. The fourth-order valence-electron chi connectivity index (χ4n) is 6.78. The highest BCUT2D eigenvalue weighted by molar-refractivity contribution is 7.99. The summed E-state index contributed by atoms with van der Waals surface area (Å²) in [6.45, 7) is 1.99. The van der Waals surface area contributed by atoms with Gasteiger partial charge in [-0.05, 0) is 81.5 Å². The Hall–Kier alpha value is -0.970. The quantitative estimate of drug-likeness (QED) is 0.781. The lowest BCUT2D eigenvalue weighted by Gasteiger charge is -2.57. The summed E-state index contributed by atoms with van der Waals surface area (Å²) in [6.07, 6.45) is 15.2. The predicted molar refractivity (Wildman–Crippen MR) is 104 cm³/mol. The molecule has 1 N–H and O–H groups in total. The van der Waals surface area contributed by atoms with Crippen LogP contribution in [0.5, 0.6) is 0 Å². The number of amides is 1. The van der Waals surface area contributed by atoms with Gasteiger partial charge >= 0.3 is 0 Å². The second-order valence-electron chi connectivity index (χ2n) is 9.46. The number of piperidine rings is 1. The summed E-state index contributed by atoms with van der Waals surface area (Å²) in [5.41, 5.74) is 0.0523. The van der Waals surface area contributed by atoms with Crippen LogP contribution in [0.3, 0.4) is 0 Å². The maximum Gasteiger partial charge on any atom is 0.228 e. The van der Waals surface area contributed by atoms with Crippen LogP contribution in [-0.2, 0) is 4.79 Å². The van der Waals surface area contributed by atoms with E-state index in [-0.39, 0.29) is 5.41 Å². The Labute approximate surface area is 160 Å². The average Bonchev–Trinajstić information content (AvgIpc) is 3.14. The number of H-pyrrole nitrogens is 1. The Morgan fingerprint density at radius 1 is 1.15 bits per heavy atom. The zero-order valence-corrected chi connectivity index (χ0v) is 16.5. The Morgan fingerprint density at radius 3 is 2.38 bits per heavy atom. The Bertz CT molecular complexity index is 600. The highest BCUT2D eigenvalue weighted by Gasteiger charge is 2.55. The van der Waals surface area contributed by atoms with E-state index in [4.69, 9.17) is 0 Å². The van der Waals surface area contributed by atoms with Gasteiger partial charge in [0, 0.05) is 31.2 Å². The van der Waals surface area contributed by atoms with E-state index in [0.717, 1.165) is 47.7 Å². The van der Waals surface area contributed by atoms with Gasteiger partial charge in [0.05, 0.1) is 5.41 Å². The SMILES string of the molecule is O=C(N1CCC(CCSc2ncc[nH]2)CC1)C12CC3CC(CC(C3)C1)C2. The van der Waals surface area contributed by atoms with Gasteiger partial charge in [0.1, 0.15) is 0 Å². The van der Waals surface area contributed by atoms with E-state index in [1.165, 1.54) is 57.8 Å². The number of carbonyl (C=O) groups is 1. The number of hydrogen-bond donors (Lipinski definition) is 1. The molecule has 142 valence electrons. The Balaban J connectivity index is 1.13. The molecule has 1 saturated heterocycles. The molecular weight excluding hydrogens is 342 g/mol. The highest BCUT2D eigenvalue weighted by atomic mass is 32.2. The Morgan fingerprint density at radius 2 is 1.81 bits per heavy atom. The minimum absolute atomic E-state index is 0.0523. The predicted octanol–water partition coefficient (Wildman–Crippen LogP) is 4.35. The van der Waals surface area contributed by atoms with Crippen molar-refractivity contribution >= 4 is 17.7 Å². The molecule has 1 amide bonds. The first kappa shape index (κ1) is 17.2. The molecule has 4 nitrogen and oxygen atoms in total. The van der Waals surface area contributed by atoms with Gasteiger partial charge in [0.25, 0.3) is 0 Å². The van der Waals surface area contributed by atoms with Crippen LogP contribution in [0.4, 0.5) is 0 Å². The summed E-state index contributed by atoms with van der Waals surface area (Å²) in [4.78, 5) is 23.1. The molecule has 5 heteroatoms. The lowest BCUT2D eigenvalue weighted by molar-refractivity contribution is -0.159. The molecule has 4 aliphatic carbocycles. The van der Waals surface area contributed by atoms with E-state index in [1.54, 1.807) is 0 Å². The third-order valence-corrected chi connectivity index (χ3v) is 8.57. The van der Waals surface area contributed by atoms with E-state index < -0.39 is 0 Å². The standard InChI is InChI=1S/C21H31N3OS/c25-19(21-12-16-9-17(13-21)11-18(10-16)14-21)24-6-1-15(2-7-24)3-8-26-20-22-4-5-23-20/h4-5,15-18H,1-3,6-14H2,(H,22,23). The van der Waals surface area contributed by atoms with Gasteiger partial charge in [-0.25, -0.2) is 4.98 Å². The van der Waals surface area contributed by atoms with Crippen molar-refractivity contribution < 1.29 is 4.79 Å². The number of imidazole rings is 1. The van der Waals surface area contributed by atoms with Crippen molar-refractivity contribution in [2.24, 2.45) is 29.1 Å². The van der Waals surface area contributed by atoms with Crippen molar-refractivity contribution in [3.63, 3.8) is 0 Å². The number of hydrogen-bond acceptors (Lipinski definition) is 3. The molecular formula is C21H31N3OS. The monoisotopic (exact) mass is 373 g/mol. The molecule has 0 radical (unpaired) electrons. The van der Waals surface area contributed by atoms with Gasteiger partial charge in [-0.15, -0.1) is 0 Å². The molecule has 2 heterocycles.